The molecule has 0 unspecified atom stereocenters. The molecule has 2 aromatic carbocycles. The zero-order valence-corrected chi connectivity index (χ0v) is 23.5. The maximum atomic E-state index is 12.4. The molecule has 7 nitrogen and oxygen atoms in total. The van der Waals surface area contributed by atoms with Gasteiger partial charge in [0, 0.05) is 106 Å². The van der Waals surface area contributed by atoms with Gasteiger partial charge >= 0.3 is 0 Å². The van der Waals surface area contributed by atoms with Crippen LogP contribution in [0.1, 0.15) is 37.0 Å². The molecule has 0 bridgehead atoms. The number of benzene rings is 2. The van der Waals surface area contributed by atoms with Crippen molar-refractivity contribution >= 4 is 22.5 Å². The van der Waals surface area contributed by atoms with E-state index in [1.54, 1.807) is 19.0 Å². The molecule has 2 N–H and O–H groups in total. The van der Waals surface area contributed by atoms with Crippen LogP contribution in [0.4, 0.5) is 5.69 Å². The summed E-state index contributed by atoms with van der Waals surface area (Å²) in [4.78, 5) is 25.2. The number of hydrogen-bond acceptors (Lipinski definition) is 5. The van der Waals surface area contributed by atoms with Gasteiger partial charge in [0.25, 0.3) is 5.91 Å². The number of rotatable bonds is 8. The quantitative estimate of drug-likeness (QED) is 0.472. The molecule has 2 aliphatic heterocycles. The van der Waals surface area contributed by atoms with E-state index in [0.717, 1.165) is 42.8 Å². The Balaban J connectivity index is 1.13. The number of piperidine rings is 1. The molecule has 204 valence electrons. The minimum atomic E-state index is 0.0269. The number of aromatic amines is 1. The van der Waals surface area contributed by atoms with E-state index in [9.17, 15) is 4.79 Å². The summed E-state index contributed by atoms with van der Waals surface area (Å²) in [7, 11) is 3.57. The lowest BCUT2D eigenvalue weighted by molar-refractivity contribution is 0.0828. The molecule has 0 spiro atoms. The van der Waals surface area contributed by atoms with Crippen LogP contribution in [0.25, 0.3) is 22.2 Å². The molecule has 5 rings (SSSR count). The molecule has 2 aliphatic rings. The Morgan fingerprint density at radius 3 is 2.47 bits per heavy atom. The lowest BCUT2D eigenvalue weighted by atomic mass is 10.0. The largest absolute Gasteiger partial charge is 0.371 e. The van der Waals surface area contributed by atoms with Crippen LogP contribution < -0.4 is 10.2 Å². The maximum absolute atomic E-state index is 12.4. The summed E-state index contributed by atoms with van der Waals surface area (Å²) in [5.74, 6) is 0.0269. The Labute approximate surface area is 227 Å². The number of aromatic nitrogens is 1. The first kappa shape index (κ1) is 26.7. The van der Waals surface area contributed by atoms with Crippen LogP contribution >= 0.6 is 0 Å². The molecule has 1 aromatic heterocycles. The van der Waals surface area contributed by atoms with E-state index in [4.69, 9.17) is 0 Å². The number of nitrogens with zero attached hydrogens (tertiary/aromatic N) is 4. The minimum absolute atomic E-state index is 0.0269. The first-order valence-electron chi connectivity index (χ1n) is 14.3. The van der Waals surface area contributed by atoms with E-state index in [-0.39, 0.29) is 5.91 Å². The lowest BCUT2D eigenvalue weighted by Gasteiger charge is -2.37. The van der Waals surface area contributed by atoms with E-state index in [1.165, 1.54) is 50.3 Å². The van der Waals surface area contributed by atoms with Crippen molar-refractivity contribution in [3.63, 3.8) is 0 Å². The molecule has 0 radical (unpaired) electrons. The Kier molecular flexibility index (Phi) is 8.36. The third kappa shape index (κ3) is 6.22. The van der Waals surface area contributed by atoms with Gasteiger partial charge in [0.15, 0.2) is 0 Å². The second kappa shape index (κ2) is 11.9. The fraction of sp³-hybridized carbons (Fsp3) is 0.516. The molecular formula is C31H44N6O. The van der Waals surface area contributed by atoms with Crippen molar-refractivity contribution in [2.24, 2.45) is 0 Å². The number of amides is 1. The highest BCUT2D eigenvalue weighted by atomic mass is 16.2. The van der Waals surface area contributed by atoms with Crippen LogP contribution in [0, 0.1) is 0 Å². The summed E-state index contributed by atoms with van der Waals surface area (Å²) in [5.41, 5.74) is 5.31. The third-order valence-corrected chi connectivity index (χ3v) is 8.29. The number of carbonyl (C=O) groups excluding carboxylic acids is 1. The minimum Gasteiger partial charge on any atom is -0.371 e. The Bertz CT molecular complexity index is 1220. The summed E-state index contributed by atoms with van der Waals surface area (Å²) in [6.45, 7) is 13.8. The van der Waals surface area contributed by atoms with E-state index >= 15 is 0 Å². The van der Waals surface area contributed by atoms with Crippen molar-refractivity contribution in [1.29, 1.82) is 0 Å². The Morgan fingerprint density at radius 2 is 1.76 bits per heavy atom. The Morgan fingerprint density at radius 1 is 1.00 bits per heavy atom. The molecule has 0 atom stereocenters. The topological polar surface area (TPSA) is 57.9 Å². The molecule has 2 saturated heterocycles. The molecule has 7 heteroatoms. The standard InChI is InChI=1S/C31H44N6O/c1-23(2)36-18-16-35(17-19-36)15-12-32-27-10-13-37(14-11-27)28-7-5-6-24(21-28)30-22-26-20-25(31(38)34(3)4)8-9-29(26)33-30/h5-9,20-23,27,32-33H,10-19H2,1-4H3. The second-order valence-corrected chi connectivity index (χ2v) is 11.4. The van der Waals surface area contributed by atoms with Crippen molar-refractivity contribution in [3.8, 4) is 11.3 Å². The lowest BCUT2D eigenvalue weighted by Crippen LogP contribution is -2.51. The highest BCUT2D eigenvalue weighted by Crippen LogP contribution is 2.29. The van der Waals surface area contributed by atoms with Gasteiger partial charge in [-0.1, -0.05) is 12.1 Å². The van der Waals surface area contributed by atoms with Crippen LogP contribution in [0.5, 0.6) is 0 Å². The first-order chi connectivity index (χ1) is 18.4. The third-order valence-electron chi connectivity index (χ3n) is 8.29. The second-order valence-electron chi connectivity index (χ2n) is 11.4. The van der Waals surface area contributed by atoms with Crippen LogP contribution in [0.3, 0.4) is 0 Å². The van der Waals surface area contributed by atoms with Crippen LogP contribution in [0.2, 0.25) is 0 Å². The maximum Gasteiger partial charge on any atom is 0.253 e. The molecule has 0 saturated carbocycles. The van der Waals surface area contributed by atoms with Crippen molar-refractivity contribution in [1.82, 2.24) is 25.0 Å². The monoisotopic (exact) mass is 516 g/mol. The zero-order valence-electron chi connectivity index (χ0n) is 23.5. The fourth-order valence-corrected chi connectivity index (χ4v) is 5.82. The van der Waals surface area contributed by atoms with Crippen molar-refractivity contribution in [2.75, 3.05) is 71.4 Å². The molecule has 1 amide bonds. The fourth-order valence-electron chi connectivity index (χ4n) is 5.82. The van der Waals surface area contributed by atoms with Gasteiger partial charge in [0.05, 0.1) is 0 Å². The van der Waals surface area contributed by atoms with Gasteiger partial charge in [-0.2, -0.15) is 0 Å². The Hall–Kier alpha value is -2.87. The number of H-pyrrole nitrogens is 1. The van der Waals surface area contributed by atoms with Crippen molar-refractivity contribution in [2.45, 2.75) is 38.8 Å². The van der Waals surface area contributed by atoms with Gasteiger partial charge in [0.2, 0.25) is 0 Å². The molecule has 3 heterocycles. The number of hydrogen-bond donors (Lipinski definition) is 2. The number of fused-ring (bicyclic) bond motifs is 1. The highest BCUT2D eigenvalue weighted by Gasteiger charge is 2.21. The molecular weight excluding hydrogens is 472 g/mol. The predicted molar refractivity (Wildman–Crippen MR) is 158 cm³/mol. The van der Waals surface area contributed by atoms with Gasteiger partial charge in [0.1, 0.15) is 0 Å². The first-order valence-corrected chi connectivity index (χ1v) is 14.3. The highest BCUT2D eigenvalue weighted by molar-refractivity contribution is 5.98. The smallest absolute Gasteiger partial charge is 0.253 e. The van der Waals surface area contributed by atoms with E-state index in [0.29, 0.717) is 17.6 Å². The summed E-state index contributed by atoms with van der Waals surface area (Å²) in [5, 5.41) is 4.89. The normalized spacial score (nSPS) is 18.0. The van der Waals surface area contributed by atoms with Gasteiger partial charge in [-0.25, -0.2) is 0 Å². The number of anilines is 1. The zero-order chi connectivity index (χ0) is 26.6. The van der Waals surface area contributed by atoms with Gasteiger partial charge in [-0.05, 0) is 68.7 Å². The summed E-state index contributed by atoms with van der Waals surface area (Å²) >= 11 is 0. The average molecular weight is 517 g/mol. The summed E-state index contributed by atoms with van der Waals surface area (Å²) < 4.78 is 0. The van der Waals surface area contributed by atoms with E-state index < -0.39 is 0 Å². The van der Waals surface area contributed by atoms with Gasteiger partial charge in [-0.15, -0.1) is 0 Å². The number of piperazine rings is 1. The van der Waals surface area contributed by atoms with E-state index in [2.05, 4.69) is 69.2 Å². The SMILES string of the molecule is CC(C)N1CCN(CCNC2CCN(c3cccc(-c4cc5cc(C(=O)N(C)C)ccc5[nH]4)c3)CC2)CC1. The molecule has 3 aromatic rings. The molecule has 38 heavy (non-hydrogen) atoms. The number of nitrogens with one attached hydrogen (secondary N) is 2. The van der Waals surface area contributed by atoms with Crippen molar-refractivity contribution in [3.05, 3.63) is 54.1 Å². The van der Waals surface area contributed by atoms with Crippen LogP contribution in [-0.2, 0) is 0 Å². The predicted octanol–water partition coefficient (Wildman–Crippen LogP) is 4.12. The van der Waals surface area contributed by atoms with Gasteiger partial charge in [-0.3, -0.25) is 14.6 Å². The number of carbonyl (C=O) groups is 1. The van der Waals surface area contributed by atoms with E-state index in [1.807, 2.05) is 18.2 Å². The summed E-state index contributed by atoms with van der Waals surface area (Å²) in [6.07, 6.45) is 2.36. The van der Waals surface area contributed by atoms with Crippen LogP contribution in [-0.4, -0.2) is 104 Å². The summed E-state index contributed by atoms with van der Waals surface area (Å²) in [6, 6.07) is 18.1. The van der Waals surface area contributed by atoms with Gasteiger partial charge < -0.3 is 20.1 Å². The van der Waals surface area contributed by atoms with Crippen molar-refractivity contribution < 1.29 is 4.79 Å². The van der Waals surface area contributed by atoms with Crippen LogP contribution in [0.15, 0.2) is 48.5 Å². The molecule has 0 aliphatic carbocycles. The molecule has 2 fully saturated rings. The average Bonchev–Trinajstić information content (AvgIpc) is 3.37.